The zero-order valence-electron chi connectivity index (χ0n) is 13.0. The molecule has 0 aromatic heterocycles. The van der Waals surface area contributed by atoms with Crippen molar-refractivity contribution in [3.8, 4) is 0 Å². The third-order valence-electron chi connectivity index (χ3n) is 4.39. The van der Waals surface area contributed by atoms with Crippen LogP contribution in [0.15, 0.2) is 0 Å². The molecule has 0 aromatic carbocycles. The third-order valence-corrected chi connectivity index (χ3v) is 4.39. The summed E-state index contributed by atoms with van der Waals surface area (Å²) in [6.45, 7) is 7.23. The summed E-state index contributed by atoms with van der Waals surface area (Å²) in [5.74, 6) is 1.84. The van der Waals surface area contributed by atoms with Crippen molar-refractivity contribution in [3.05, 3.63) is 0 Å². The quantitative estimate of drug-likeness (QED) is 0.745. The summed E-state index contributed by atoms with van der Waals surface area (Å²) in [4.78, 5) is 12.2. The van der Waals surface area contributed by atoms with Crippen molar-refractivity contribution in [2.45, 2.75) is 71.8 Å². The fourth-order valence-corrected chi connectivity index (χ4v) is 3.34. The van der Waals surface area contributed by atoms with Gasteiger partial charge >= 0.3 is 0 Å². The molecule has 1 aliphatic carbocycles. The minimum atomic E-state index is 0.210. The molecule has 0 aliphatic heterocycles. The number of rotatable bonds is 7. The molecule has 1 amide bonds. The molecular weight excluding hydrogens is 236 g/mol. The van der Waals surface area contributed by atoms with Crippen LogP contribution in [0.3, 0.4) is 0 Å². The summed E-state index contributed by atoms with van der Waals surface area (Å²) in [6, 6.07) is 0.406. The zero-order chi connectivity index (χ0) is 14.3. The monoisotopic (exact) mass is 268 g/mol. The summed E-state index contributed by atoms with van der Waals surface area (Å²) in [5.41, 5.74) is 5.78. The van der Waals surface area contributed by atoms with Crippen molar-refractivity contribution in [2.75, 3.05) is 6.54 Å². The molecule has 1 rings (SSSR count). The minimum Gasteiger partial charge on any atom is -0.353 e. The van der Waals surface area contributed by atoms with Crippen molar-refractivity contribution in [1.82, 2.24) is 5.32 Å². The summed E-state index contributed by atoms with van der Waals surface area (Å²) >= 11 is 0. The Morgan fingerprint density at radius 3 is 2.58 bits per heavy atom. The molecular formula is C16H32N2O. The molecule has 3 nitrogen and oxygen atoms in total. The number of hydrogen-bond acceptors (Lipinski definition) is 2. The second-order valence-electron chi connectivity index (χ2n) is 6.56. The Morgan fingerprint density at radius 1 is 1.32 bits per heavy atom. The highest BCUT2D eigenvalue weighted by Gasteiger charge is 2.25. The fourth-order valence-electron chi connectivity index (χ4n) is 3.34. The van der Waals surface area contributed by atoms with Gasteiger partial charge in [-0.2, -0.15) is 0 Å². The second kappa shape index (κ2) is 8.57. The van der Waals surface area contributed by atoms with E-state index in [4.69, 9.17) is 5.73 Å². The largest absolute Gasteiger partial charge is 0.353 e. The zero-order valence-corrected chi connectivity index (χ0v) is 13.0. The van der Waals surface area contributed by atoms with E-state index in [1.165, 1.54) is 25.7 Å². The van der Waals surface area contributed by atoms with Gasteiger partial charge in [0.1, 0.15) is 0 Å². The highest BCUT2D eigenvalue weighted by Crippen LogP contribution is 2.27. The Labute approximate surface area is 118 Å². The van der Waals surface area contributed by atoms with Gasteiger partial charge in [0.15, 0.2) is 0 Å². The molecule has 0 spiro atoms. The van der Waals surface area contributed by atoms with Gasteiger partial charge in [-0.1, -0.05) is 40.0 Å². The first-order valence-corrected chi connectivity index (χ1v) is 8.06. The van der Waals surface area contributed by atoms with Crippen molar-refractivity contribution < 1.29 is 4.79 Å². The van der Waals surface area contributed by atoms with E-state index in [9.17, 15) is 4.79 Å². The van der Waals surface area contributed by atoms with E-state index in [2.05, 4.69) is 26.1 Å². The van der Waals surface area contributed by atoms with Crippen LogP contribution in [0.25, 0.3) is 0 Å². The van der Waals surface area contributed by atoms with E-state index in [-0.39, 0.29) is 5.91 Å². The summed E-state index contributed by atoms with van der Waals surface area (Å²) in [5, 5.41) is 3.26. The predicted molar refractivity (Wildman–Crippen MR) is 80.8 cm³/mol. The van der Waals surface area contributed by atoms with Gasteiger partial charge in [0, 0.05) is 12.5 Å². The molecule has 112 valence electrons. The van der Waals surface area contributed by atoms with Gasteiger partial charge in [-0.3, -0.25) is 4.79 Å². The SMILES string of the molecule is CCC1CCCCC1NC(=O)C[C@@H](CN)CC(C)C. The van der Waals surface area contributed by atoms with Gasteiger partial charge in [0.25, 0.3) is 0 Å². The number of carbonyl (C=O) groups is 1. The standard InChI is InChI=1S/C16H32N2O/c1-4-14-7-5-6-8-15(14)18-16(19)10-13(11-17)9-12(2)3/h12-15H,4-11,17H2,1-3H3,(H,18,19)/t13-,14?,15?/m0/s1. The second-order valence-corrected chi connectivity index (χ2v) is 6.56. The minimum absolute atomic E-state index is 0.210. The predicted octanol–water partition coefficient (Wildman–Crippen LogP) is 3.08. The molecule has 3 atom stereocenters. The molecule has 19 heavy (non-hydrogen) atoms. The van der Waals surface area contributed by atoms with Crippen molar-refractivity contribution >= 4 is 5.91 Å². The van der Waals surface area contributed by atoms with E-state index < -0.39 is 0 Å². The average molecular weight is 268 g/mol. The molecule has 0 bridgehead atoms. The summed E-state index contributed by atoms with van der Waals surface area (Å²) in [6.07, 6.45) is 7.83. The van der Waals surface area contributed by atoms with E-state index in [0.717, 1.165) is 12.8 Å². The van der Waals surface area contributed by atoms with Gasteiger partial charge in [0.05, 0.1) is 0 Å². The normalized spacial score (nSPS) is 25.3. The Balaban J connectivity index is 2.40. The van der Waals surface area contributed by atoms with Crippen LogP contribution in [0, 0.1) is 17.8 Å². The van der Waals surface area contributed by atoms with E-state index in [1.807, 2.05) is 0 Å². The molecule has 0 saturated heterocycles. The number of amides is 1. The number of nitrogens with one attached hydrogen (secondary N) is 1. The number of hydrogen-bond donors (Lipinski definition) is 2. The lowest BCUT2D eigenvalue weighted by Gasteiger charge is -2.32. The van der Waals surface area contributed by atoms with Crippen molar-refractivity contribution in [2.24, 2.45) is 23.5 Å². The van der Waals surface area contributed by atoms with Crippen LogP contribution in [0.5, 0.6) is 0 Å². The van der Waals surface area contributed by atoms with Crippen LogP contribution in [-0.4, -0.2) is 18.5 Å². The Bertz CT molecular complexity index is 265. The van der Waals surface area contributed by atoms with Gasteiger partial charge < -0.3 is 11.1 Å². The van der Waals surface area contributed by atoms with Crippen LogP contribution in [0.2, 0.25) is 0 Å². The molecule has 0 heterocycles. The molecule has 3 heteroatoms. The Morgan fingerprint density at radius 2 is 2.00 bits per heavy atom. The lowest BCUT2D eigenvalue weighted by atomic mass is 9.82. The number of carbonyl (C=O) groups excluding carboxylic acids is 1. The Hall–Kier alpha value is -0.570. The number of nitrogens with two attached hydrogens (primary N) is 1. The molecule has 1 fully saturated rings. The van der Waals surface area contributed by atoms with Crippen LogP contribution in [0.4, 0.5) is 0 Å². The highest BCUT2D eigenvalue weighted by atomic mass is 16.1. The topological polar surface area (TPSA) is 55.1 Å². The van der Waals surface area contributed by atoms with Crippen LogP contribution < -0.4 is 11.1 Å². The van der Waals surface area contributed by atoms with E-state index >= 15 is 0 Å². The molecule has 0 aromatic rings. The van der Waals surface area contributed by atoms with Gasteiger partial charge in [-0.05, 0) is 43.6 Å². The van der Waals surface area contributed by atoms with Gasteiger partial charge in [-0.15, -0.1) is 0 Å². The molecule has 1 aliphatic rings. The smallest absolute Gasteiger partial charge is 0.220 e. The molecule has 3 N–H and O–H groups in total. The van der Waals surface area contributed by atoms with Gasteiger partial charge in [0.2, 0.25) is 5.91 Å². The maximum Gasteiger partial charge on any atom is 0.220 e. The average Bonchev–Trinajstić information content (AvgIpc) is 2.38. The Kier molecular flexibility index (Phi) is 7.44. The fraction of sp³-hybridized carbons (Fsp3) is 0.938. The summed E-state index contributed by atoms with van der Waals surface area (Å²) in [7, 11) is 0. The van der Waals surface area contributed by atoms with Crippen LogP contribution in [-0.2, 0) is 4.79 Å². The summed E-state index contributed by atoms with van der Waals surface area (Å²) < 4.78 is 0. The first-order valence-electron chi connectivity index (χ1n) is 8.06. The molecule has 1 saturated carbocycles. The first kappa shape index (κ1) is 16.5. The lowest BCUT2D eigenvalue weighted by Crippen LogP contribution is -2.42. The first-order chi connectivity index (χ1) is 9.06. The third kappa shape index (κ3) is 5.94. The van der Waals surface area contributed by atoms with Crippen molar-refractivity contribution in [3.63, 3.8) is 0 Å². The lowest BCUT2D eigenvalue weighted by molar-refractivity contribution is -0.123. The molecule has 0 radical (unpaired) electrons. The van der Waals surface area contributed by atoms with Crippen molar-refractivity contribution in [1.29, 1.82) is 0 Å². The van der Waals surface area contributed by atoms with Crippen LogP contribution in [0.1, 0.15) is 65.7 Å². The maximum absolute atomic E-state index is 12.2. The van der Waals surface area contributed by atoms with E-state index in [1.54, 1.807) is 0 Å². The molecule has 2 unspecified atom stereocenters. The highest BCUT2D eigenvalue weighted by molar-refractivity contribution is 5.76. The van der Waals surface area contributed by atoms with Crippen LogP contribution >= 0.6 is 0 Å². The van der Waals surface area contributed by atoms with Gasteiger partial charge in [-0.25, -0.2) is 0 Å². The maximum atomic E-state index is 12.2. The van der Waals surface area contributed by atoms with E-state index in [0.29, 0.717) is 36.8 Å².